The number of aromatic carboxylic acids is 1. The van der Waals surface area contributed by atoms with Crippen molar-refractivity contribution in [3.05, 3.63) is 29.0 Å². The molecule has 1 rings (SSSR count). The summed E-state index contributed by atoms with van der Waals surface area (Å²) in [5.74, 6) is -1.04. The van der Waals surface area contributed by atoms with Crippen molar-refractivity contribution < 1.29 is 14.6 Å². The van der Waals surface area contributed by atoms with Gasteiger partial charge >= 0.3 is 5.97 Å². The van der Waals surface area contributed by atoms with Gasteiger partial charge in [-0.05, 0) is 26.0 Å². The predicted molar refractivity (Wildman–Crippen MR) is 58.4 cm³/mol. The minimum Gasteiger partial charge on any atom is -0.477 e. The van der Waals surface area contributed by atoms with E-state index in [1.807, 2.05) is 13.8 Å². The van der Waals surface area contributed by atoms with E-state index < -0.39 is 5.97 Å². The molecule has 0 aliphatic heterocycles. The van der Waals surface area contributed by atoms with Gasteiger partial charge in [-0.15, -0.1) is 0 Å². The summed E-state index contributed by atoms with van der Waals surface area (Å²) in [6.07, 6.45) is 1.30. The zero-order valence-electron chi connectivity index (χ0n) is 8.74. The minimum absolute atomic E-state index is 0.00407. The SMILES string of the molecule is CCOCC.O=C(O)c1ccc(Cl)cn1. The molecule has 0 saturated heterocycles. The van der Waals surface area contributed by atoms with Crippen LogP contribution in [0.4, 0.5) is 0 Å². The molecule has 0 aliphatic carbocycles. The lowest BCUT2D eigenvalue weighted by Crippen LogP contribution is -1.98. The van der Waals surface area contributed by atoms with Crippen LogP contribution in [0.5, 0.6) is 0 Å². The van der Waals surface area contributed by atoms with Gasteiger partial charge in [0.15, 0.2) is 0 Å². The number of halogens is 1. The summed E-state index contributed by atoms with van der Waals surface area (Å²) in [6.45, 7) is 5.67. The van der Waals surface area contributed by atoms with Crippen LogP contribution in [0.1, 0.15) is 24.3 Å². The molecule has 1 N–H and O–H groups in total. The fraction of sp³-hybridized carbons (Fsp3) is 0.400. The standard InChI is InChI=1S/C6H4ClNO2.C4H10O/c7-4-1-2-5(6(9)10)8-3-4;1-3-5-4-2/h1-3H,(H,9,10);3-4H2,1-2H3. The highest BCUT2D eigenvalue weighted by Gasteiger charge is 2.01. The molecule has 84 valence electrons. The fourth-order valence-electron chi connectivity index (χ4n) is 0.706. The van der Waals surface area contributed by atoms with Crippen molar-refractivity contribution in [3.63, 3.8) is 0 Å². The summed E-state index contributed by atoms with van der Waals surface area (Å²) in [5, 5.41) is 8.81. The van der Waals surface area contributed by atoms with Crippen molar-refractivity contribution in [2.24, 2.45) is 0 Å². The minimum atomic E-state index is -1.04. The molecule has 4 nitrogen and oxygen atoms in total. The van der Waals surface area contributed by atoms with Crippen LogP contribution in [0.25, 0.3) is 0 Å². The molecule has 1 aromatic heterocycles. The van der Waals surface area contributed by atoms with E-state index in [0.717, 1.165) is 13.2 Å². The third-order valence-corrected chi connectivity index (χ3v) is 1.58. The molecule has 0 unspecified atom stereocenters. The first-order chi connectivity index (χ1) is 7.11. The van der Waals surface area contributed by atoms with Gasteiger partial charge in [-0.2, -0.15) is 0 Å². The van der Waals surface area contributed by atoms with E-state index in [0.29, 0.717) is 5.02 Å². The van der Waals surface area contributed by atoms with Gasteiger partial charge in [0.05, 0.1) is 5.02 Å². The number of carboxylic acid groups (broad SMARTS) is 1. The summed E-state index contributed by atoms with van der Waals surface area (Å²) in [6, 6.07) is 2.84. The predicted octanol–water partition coefficient (Wildman–Crippen LogP) is 2.48. The maximum atomic E-state index is 10.2. The van der Waals surface area contributed by atoms with Crippen LogP contribution < -0.4 is 0 Å². The molecule has 5 heteroatoms. The summed E-state index contributed by atoms with van der Waals surface area (Å²) >= 11 is 5.46. The average molecular weight is 232 g/mol. The van der Waals surface area contributed by atoms with Crippen LogP contribution in [-0.2, 0) is 4.74 Å². The summed E-state index contributed by atoms with van der Waals surface area (Å²) in [7, 11) is 0. The van der Waals surface area contributed by atoms with E-state index in [1.54, 1.807) is 0 Å². The number of hydrogen-bond donors (Lipinski definition) is 1. The number of aromatic nitrogens is 1. The average Bonchev–Trinajstić information content (AvgIpc) is 2.20. The smallest absolute Gasteiger partial charge is 0.354 e. The van der Waals surface area contributed by atoms with E-state index in [2.05, 4.69) is 4.98 Å². The molecule has 0 aromatic carbocycles. The molecular formula is C10H14ClNO3. The largest absolute Gasteiger partial charge is 0.477 e. The molecule has 1 aromatic rings. The van der Waals surface area contributed by atoms with Crippen molar-refractivity contribution in [2.45, 2.75) is 13.8 Å². The van der Waals surface area contributed by atoms with Crippen LogP contribution in [-0.4, -0.2) is 29.3 Å². The van der Waals surface area contributed by atoms with Gasteiger partial charge in [-0.3, -0.25) is 0 Å². The van der Waals surface area contributed by atoms with Gasteiger partial charge in [0.1, 0.15) is 5.69 Å². The van der Waals surface area contributed by atoms with Crippen molar-refractivity contribution >= 4 is 17.6 Å². The van der Waals surface area contributed by atoms with E-state index >= 15 is 0 Å². The Morgan fingerprint density at radius 3 is 2.33 bits per heavy atom. The molecule has 0 saturated carbocycles. The molecule has 0 bridgehead atoms. The molecule has 0 fully saturated rings. The number of carbonyl (C=O) groups is 1. The molecule has 0 aliphatic rings. The number of nitrogens with zero attached hydrogens (tertiary/aromatic N) is 1. The Labute approximate surface area is 93.9 Å². The number of hydrogen-bond acceptors (Lipinski definition) is 3. The third-order valence-electron chi connectivity index (χ3n) is 1.35. The molecule has 15 heavy (non-hydrogen) atoms. The third kappa shape index (κ3) is 6.88. The second-order valence-electron chi connectivity index (χ2n) is 2.45. The Bertz CT molecular complexity index is 285. The van der Waals surface area contributed by atoms with Gasteiger partial charge < -0.3 is 9.84 Å². The Balaban J connectivity index is 0.000000336. The quantitative estimate of drug-likeness (QED) is 0.868. The van der Waals surface area contributed by atoms with Crippen molar-refractivity contribution in [3.8, 4) is 0 Å². The summed E-state index contributed by atoms with van der Waals surface area (Å²) in [4.78, 5) is 13.8. The van der Waals surface area contributed by atoms with Crippen molar-refractivity contribution in [1.82, 2.24) is 4.98 Å². The van der Waals surface area contributed by atoms with Gasteiger partial charge in [-0.25, -0.2) is 9.78 Å². The normalized spacial score (nSPS) is 9.00. The Hall–Kier alpha value is -1.13. The zero-order chi connectivity index (χ0) is 11.7. The fourth-order valence-corrected chi connectivity index (χ4v) is 0.818. The number of rotatable bonds is 3. The molecule has 0 atom stereocenters. The first kappa shape index (κ1) is 13.9. The van der Waals surface area contributed by atoms with E-state index in [9.17, 15) is 4.79 Å². The monoisotopic (exact) mass is 231 g/mol. The Morgan fingerprint density at radius 1 is 1.47 bits per heavy atom. The second kappa shape index (κ2) is 8.20. The van der Waals surface area contributed by atoms with Crippen molar-refractivity contribution in [1.29, 1.82) is 0 Å². The highest BCUT2D eigenvalue weighted by atomic mass is 35.5. The maximum Gasteiger partial charge on any atom is 0.354 e. The van der Waals surface area contributed by atoms with Crippen molar-refractivity contribution in [2.75, 3.05) is 13.2 Å². The number of pyridine rings is 1. The van der Waals surface area contributed by atoms with Crippen LogP contribution in [0.2, 0.25) is 5.02 Å². The van der Waals surface area contributed by atoms with Crippen LogP contribution in [0.15, 0.2) is 18.3 Å². The molecule has 1 heterocycles. The van der Waals surface area contributed by atoms with Crippen LogP contribution in [0, 0.1) is 0 Å². The Kier molecular flexibility index (Phi) is 7.58. The molecule has 0 radical (unpaired) electrons. The second-order valence-corrected chi connectivity index (χ2v) is 2.88. The van der Waals surface area contributed by atoms with Gasteiger partial charge in [0, 0.05) is 19.4 Å². The molecule has 0 amide bonds. The first-order valence-electron chi connectivity index (χ1n) is 4.54. The van der Waals surface area contributed by atoms with Gasteiger partial charge in [0.2, 0.25) is 0 Å². The highest BCUT2D eigenvalue weighted by molar-refractivity contribution is 6.30. The molecule has 0 spiro atoms. The lowest BCUT2D eigenvalue weighted by molar-refractivity contribution is 0.0690. The van der Waals surface area contributed by atoms with Gasteiger partial charge in [-0.1, -0.05) is 11.6 Å². The van der Waals surface area contributed by atoms with Crippen LogP contribution in [0.3, 0.4) is 0 Å². The molecular weight excluding hydrogens is 218 g/mol. The van der Waals surface area contributed by atoms with E-state index in [-0.39, 0.29) is 5.69 Å². The van der Waals surface area contributed by atoms with Gasteiger partial charge in [0.25, 0.3) is 0 Å². The maximum absolute atomic E-state index is 10.2. The topological polar surface area (TPSA) is 59.4 Å². The lowest BCUT2D eigenvalue weighted by Gasteiger charge is -1.90. The summed E-state index contributed by atoms with van der Waals surface area (Å²) < 4.78 is 4.83. The Morgan fingerprint density at radius 2 is 2.07 bits per heavy atom. The number of ether oxygens (including phenoxy) is 1. The van der Waals surface area contributed by atoms with E-state index in [1.165, 1.54) is 18.3 Å². The lowest BCUT2D eigenvalue weighted by atomic mass is 10.4. The number of carboxylic acids is 1. The summed E-state index contributed by atoms with van der Waals surface area (Å²) in [5.41, 5.74) is 0.00407. The van der Waals surface area contributed by atoms with Crippen LogP contribution >= 0.6 is 11.6 Å². The zero-order valence-corrected chi connectivity index (χ0v) is 9.49. The van der Waals surface area contributed by atoms with E-state index in [4.69, 9.17) is 21.4 Å². The highest BCUT2D eigenvalue weighted by Crippen LogP contribution is 2.05. The first-order valence-corrected chi connectivity index (χ1v) is 4.92.